The average Bonchev–Trinajstić information content (AvgIpc) is 3.16. The SMILES string of the molecule is Cc1cc(NC(=O)C2CCN(S(=O)(=O)c3ccc4c(c3)OCCO4)CC2)n(CCC#N)n1. The standard InChI is InChI=1S/C21H25N5O5S/c1-15-13-20(26(24-15)8-2-7-22)23-21(27)16-5-9-25(10-6-16)32(28,29)17-3-4-18-19(14-17)31-12-11-30-18/h3-4,13-14,16H,2,5-6,8-12H2,1H3,(H,23,27). The van der Waals surface area contributed by atoms with Crippen LogP contribution >= 0.6 is 0 Å². The van der Waals surface area contributed by atoms with Crippen molar-refractivity contribution in [1.29, 1.82) is 5.26 Å². The molecule has 170 valence electrons. The van der Waals surface area contributed by atoms with Gasteiger partial charge in [-0.15, -0.1) is 0 Å². The van der Waals surface area contributed by atoms with Crippen molar-refractivity contribution in [3.05, 3.63) is 30.0 Å². The van der Waals surface area contributed by atoms with Gasteiger partial charge in [0.25, 0.3) is 0 Å². The second-order valence-electron chi connectivity index (χ2n) is 7.78. The molecule has 3 heterocycles. The first-order chi connectivity index (χ1) is 15.4. The van der Waals surface area contributed by atoms with E-state index in [0.29, 0.717) is 56.3 Å². The number of amides is 1. The van der Waals surface area contributed by atoms with Crippen LogP contribution in [0.5, 0.6) is 11.5 Å². The number of nitrogens with one attached hydrogen (secondary N) is 1. The summed E-state index contributed by atoms with van der Waals surface area (Å²) in [5, 5.41) is 16.0. The number of ether oxygens (including phenoxy) is 2. The number of aromatic nitrogens is 2. The highest BCUT2D eigenvalue weighted by Crippen LogP contribution is 2.34. The molecule has 2 aliphatic rings. The maximum absolute atomic E-state index is 13.1. The molecule has 0 unspecified atom stereocenters. The maximum Gasteiger partial charge on any atom is 0.243 e. The van der Waals surface area contributed by atoms with Gasteiger partial charge in [-0.05, 0) is 31.9 Å². The molecule has 32 heavy (non-hydrogen) atoms. The molecular formula is C21H25N5O5S. The molecule has 1 amide bonds. The van der Waals surface area contributed by atoms with Gasteiger partial charge in [-0.2, -0.15) is 14.7 Å². The summed E-state index contributed by atoms with van der Waals surface area (Å²) >= 11 is 0. The minimum atomic E-state index is -3.70. The van der Waals surface area contributed by atoms with Crippen LogP contribution in [0.4, 0.5) is 5.82 Å². The fraction of sp³-hybridized carbons (Fsp3) is 0.476. The summed E-state index contributed by atoms with van der Waals surface area (Å²) in [5.41, 5.74) is 0.749. The molecule has 0 saturated carbocycles. The number of carbonyl (C=O) groups is 1. The van der Waals surface area contributed by atoms with Gasteiger partial charge in [0.1, 0.15) is 19.0 Å². The van der Waals surface area contributed by atoms with Crippen molar-refractivity contribution in [1.82, 2.24) is 14.1 Å². The van der Waals surface area contributed by atoms with E-state index in [1.54, 1.807) is 16.8 Å². The third kappa shape index (κ3) is 4.56. The zero-order chi connectivity index (χ0) is 22.7. The fourth-order valence-electron chi connectivity index (χ4n) is 3.89. The largest absolute Gasteiger partial charge is 0.486 e. The Kier molecular flexibility index (Phi) is 6.34. The minimum absolute atomic E-state index is 0.154. The van der Waals surface area contributed by atoms with Crippen LogP contribution in [0.1, 0.15) is 25.0 Å². The minimum Gasteiger partial charge on any atom is -0.486 e. The molecule has 1 saturated heterocycles. The maximum atomic E-state index is 13.1. The summed E-state index contributed by atoms with van der Waals surface area (Å²) in [5.74, 6) is 1.04. The summed E-state index contributed by atoms with van der Waals surface area (Å²) < 4.78 is 40.1. The van der Waals surface area contributed by atoms with Gasteiger partial charge in [-0.25, -0.2) is 13.1 Å². The quantitative estimate of drug-likeness (QED) is 0.699. The summed E-state index contributed by atoms with van der Waals surface area (Å²) in [6.07, 6.45) is 1.13. The van der Waals surface area contributed by atoms with Crippen molar-refractivity contribution in [2.75, 3.05) is 31.6 Å². The molecule has 2 aliphatic heterocycles. The van der Waals surface area contributed by atoms with Gasteiger partial charge in [0, 0.05) is 31.1 Å². The Bertz CT molecular complexity index is 1150. The van der Waals surface area contributed by atoms with E-state index in [0.717, 1.165) is 5.69 Å². The number of hydrogen-bond acceptors (Lipinski definition) is 7. The number of fused-ring (bicyclic) bond motifs is 1. The summed E-state index contributed by atoms with van der Waals surface area (Å²) in [6.45, 7) is 3.54. The van der Waals surface area contributed by atoms with Crippen LogP contribution in [0.2, 0.25) is 0 Å². The van der Waals surface area contributed by atoms with Gasteiger partial charge < -0.3 is 14.8 Å². The number of aryl methyl sites for hydroxylation is 2. The first-order valence-corrected chi connectivity index (χ1v) is 11.9. The summed E-state index contributed by atoms with van der Waals surface area (Å²) in [4.78, 5) is 12.9. The molecule has 4 rings (SSSR count). The lowest BCUT2D eigenvalue weighted by Crippen LogP contribution is -2.41. The number of benzene rings is 1. The van der Waals surface area contributed by atoms with E-state index in [9.17, 15) is 13.2 Å². The van der Waals surface area contributed by atoms with Crippen LogP contribution in [0.3, 0.4) is 0 Å². The Hall–Kier alpha value is -3.10. The molecule has 1 N–H and O–H groups in total. The molecule has 1 aromatic heterocycles. The topological polar surface area (TPSA) is 127 Å². The van der Waals surface area contributed by atoms with Crippen LogP contribution in [-0.2, 0) is 21.4 Å². The van der Waals surface area contributed by atoms with E-state index in [1.165, 1.54) is 16.4 Å². The Labute approximate surface area is 186 Å². The van der Waals surface area contributed by atoms with Gasteiger partial charge in [-0.1, -0.05) is 0 Å². The summed E-state index contributed by atoms with van der Waals surface area (Å²) in [7, 11) is -3.70. The number of rotatable bonds is 6. The van der Waals surface area contributed by atoms with Crippen molar-refractivity contribution < 1.29 is 22.7 Å². The monoisotopic (exact) mass is 459 g/mol. The van der Waals surface area contributed by atoms with Crippen LogP contribution < -0.4 is 14.8 Å². The Morgan fingerprint density at radius 2 is 1.94 bits per heavy atom. The number of nitriles is 1. The van der Waals surface area contributed by atoms with Crippen molar-refractivity contribution >= 4 is 21.7 Å². The van der Waals surface area contributed by atoms with Gasteiger partial charge >= 0.3 is 0 Å². The predicted octanol–water partition coefficient (Wildman–Crippen LogP) is 1.92. The van der Waals surface area contributed by atoms with Gasteiger partial charge in [-0.3, -0.25) is 4.79 Å². The van der Waals surface area contributed by atoms with Crippen molar-refractivity contribution in [3.8, 4) is 17.6 Å². The number of piperidine rings is 1. The highest BCUT2D eigenvalue weighted by molar-refractivity contribution is 7.89. The second kappa shape index (κ2) is 9.18. The predicted molar refractivity (Wildman–Crippen MR) is 115 cm³/mol. The number of anilines is 1. The highest BCUT2D eigenvalue weighted by atomic mass is 32.2. The first-order valence-electron chi connectivity index (χ1n) is 10.5. The molecule has 0 atom stereocenters. The number of carbonyl (C=O) groups excluding carboxylic acids is 1. The van der Waals surface area contributed by atoms with Crippen LogP contribution in [0.25, 0.3) is 0 Å². The van der Waals surface area contributed by atoms with E-state index in [2.05, 4.69) is 16.5 Å². The fourth-order valence-corrected chi connectivity index (χ4v) is 5.38. The van der Waals surface area contributed by atoms with E-state index >= 15 is 0 Å². The molecule has 0 spiro atoms. The van der Waals surface area contributed by atoms with Crippen molar-refractivity contribution in [2.45, 2.75) is 37.6 Å². The van der Waals surface area contributed by atoms with E-state index in [4.69, 9.17) is 14.7 Å². The Morgan fingerprint density at radius 3 is 2.66 bits per heavy atom. The van der Waals surface area contributed by atoms with Gasteiger partial charge in [0.05, 0.1) is 29.6 Å². The van der Waals surface area contributed by atoms with Crippen LogP contribution in [0, 0.1) is 24.2 Å². The lowest BCUT2D eigenvalue weighted by molar-refractivity contribution is -0.121. The highest BCUT2D eigenvalue weighted by Gasteiger charge is 2.33. The number of nitrogens with zero attached hydrogens (tertiary/aromatic N) is 4. The first kappa shape index (κ1) is 22.1. The van der Waals surface area contributed by atoms with Crippen molar-refractivity contribution in [3.63, 3.8) is 0 Å². The molecule has 11 heteroatoms. The average molecular weight is 460 g/mol. The van der Waals surface area contributed by atoms with Gasteiger partial charge in [0.2, 0.25) is 15.9 Å². The molecule has 0 aliphatic carbocycles. The normalized spacial score (nSPS) is 17.0. The molecule has 1 aromatic carbocycles. The van der Waals surface area contributed by atoms with Crippen LogP contribution in [0.15, 0.2) is 29.2 Å². The molecule has 0 radical (unpaired) electrons. The lowest BCUT2D eigenvalue weighted by Gasteiger charge is -2.30. The Balaban J connectivity index is 1.39. The van der Waals surface area contributed by atoms with Crippen molar-refractivity contribution in [2.24, 2.45) is 5.92 Å². The molecular weight excluding hydrogens is 434 g/mol. The molecule has 2 aromatic rings. The van der Waals surface area contributed by atoms with Crippen LogP contribution in [-0.4, -0.2) is 54.7 Å². The molecule has 10 nitrogen and oxygen atoms in total. The number of sulfonamides is 1. The lowest BCUT2D eigenvalue weighted by atomic mass is 9.97. The summed E-state index contributed by atoms with van der Waals surface area (Å²) in [6, 6.07) is 8.45. The third-order valence-electron chi connectivity index (χ3n) is 5.56. The van der Waals surface area contributed by atoms with Gasteiger partial charge in [0.15, 0.2) is 11.5 Å². The molecule has 0 bridgehead atoms. The smallest absolute Gasteiger partial charge is 0.243 e. The zero-order valence-electron chi connectivity index (χ0n) is 17.8. The zero-order valence-corrected chi connectivity index (χ0v) is 18.6. The molecule has 1 fully saturated rings. The van der Waals surface area contributed by atoms with E-state index in [1.807, 2.05) is 6.92 Å². The van der Waals surface area contributed by atoms with E-state index < -0.39 is 10.0 Å². The Morgan fingerprint density at radius 1 is 1.22 bits per heavy atom. The number of hydrogen-bond donors (Lipinski definition) is 1. The van der Waals surface area contributed by atoms with E-state index in [-0.39, 0.29) is 29.8 Å². The third-order valence-corrected chi connectivity index (χ3v) is 7.46. The second-order valence-corrected chi connectivity index (χ2v) is 9.71.